The fourth-order valence-electron chi connectivity index (χ4n) is 2.52. The van der Waals surface area contributed by atoms with Crippen molar-refractivity contribution in [3.8, 4) is 5.75 Å². The lowest BCUT2D eigenvalue weighted by atomic mass is 10.1. The minimum atomic E-state index is -0.908. The zero-order chi connectivity index (χ0) is 20.0. The minimum absolute atomic E-state index is 0.140. The number of nitrogens with zero attached hydrogens (tertiary/aromatic N) is 2. The van der Waals surface area contributed by atoms with E-state index in [-0.39, 0.29) is 23.1 Å². The second kappa shape index (κ2) is 9.59. The summed E-state index contributed by atoms with van der Waals surface area (Å²) in [6.07, 6.45) is 0.730. The van der Waals surface area contributed by atoms with Gasteiger partial charge in [0.25, 0.3) is 0 Å². The SMILES string of the molecule is COCC(Nc1ccnc(C)c1)C(C[N+](=O)[O-])Oc1c(N)cc(Cl)cc1Cl. The van der Waals surface area contributed by atoms with E-state index in [1.54, 1.807) is 12.3 Å². The lowest BCUT2D eigenvalue weighted by molar-refractivity contribution is -0.489. The summed E-state index contributed by atoms with van der Waals surface area (Å²) in [5.74, 6) is 0.140. The number of nitro groups is 1. The van der Waals surface area contributed by atoms with Crippen LogP contribution in [-0.2, 0) is 4.74 Å². The van der Waals surface area contributed by atoms with Crippen LogP contribution in [0.2, 0.25) is 10.0 Å². The second-order valence-electron chi connectivity index (χ2n) is 5.87. The molecular formula is C17H20Cl2N4O4. The third-order valence-corrected chi connectivity index (χ3v) is 4.18. The summed E-state index contributed by atoms with van der Waals surface area (Å²) < 4.78 is 11.1. The van der Waals surface area contributed by atoms with E-state index >= 15 is 0 Å². The molecule has 0 spiro atoms. The molecule has 0 aliphatic heterocycles. The van der Waals surface area contributed by atoms with E-state index in [0.29, 0.717) is 5.02 Å². The van der Waals surface area contributed by atoms with Gasteiger partial charge < -0.3 is 20.5 Å². The standard InChI is InChI=1S/C17H20Cl2N4O4/c1-10-5-12(3-4-21-10)22-15(9-26-2)16(8-23(24)25)27-17-13(19)6-11(18)7-14(17)20/h3-7,15-16H,8-9,20H2,1-2H3,(H,21,22). The van der Waals surface area contributed by atoms with Crippen LogP contribution < -0.4 is 15.8 Å². The van der Waals surface area contributed by atoms with Gasteiger partial charge in [-0.05, 0) is 31.2 Å². The Morgan fingerprint density at radius 2 is 2.11 bits per heavy atom. The monoisotopic (exact) mass is 414 g/mol. The van der Waals surface area contributed by atoms with Gasteiger partial charge in [-0.1, -0.05) is 23.2 Å². The number of aromatic nitrogens is 1. The fourth-order valence-corrected chi connectivity index (χ4v) is 3.07. The Labute approximate surface area is 166 Å². The number of halogens is 2. The highest BCUT2D eigenvalue weighted by Crippen LogP contribution is 2.35. The van der Waals surface area contributed by atoms with Crippen LogP contribution in [0.25, 0.3) is 0 Å². The van der Waals surface area contributed by atoms with E-state index < -0.39 is 23.6 Å². The first-order valence-electron chi connectivity index (χ1n) is 8.01. The topological polar surface area (TPSA) is 113 Å². The summed E-state index contributed by atoms with van der Waals surface area (Å²) in [6.45, 7) is 1.52. The van der Waals surface area contributed by atoms with Crippen LogP contribution in [0.4, 0.5) is 11.4 Å². The molecule has 2 unspecified atom stereocenters. The molecule has 146 valence electrons. The van der Waals surface area contributed by atoms with Crippen molar-refractivity contribution in [3.63, 3.8) is 0 Å². The Kier molecular flexibility index (Phi) is 7.46. The summed E-state index contributed by atoms with van der Waals surface area (Å²) in [6, 6.07) is 5.95. The van der Waals surface area contributed by atoms with E-state index in [1.165, 1.54) is 19.2 Å². The number of benzene rings is 1. The van der Waals surface area contributed by atoms with E-state index in [0.717, 1.165) is 11.4 Å². The van der Waals surface area contributed by atoms with Gasteiger partial charge in [0.1, 0.15) is 0 Å². The van der Waals surface area contributed by atoms with Crippen molar-refractivity contribution in [3.05, 3.63) is 56.3 Å². The molecule has 27 heavy (non-hydrogen) atoms. The molecule has 8 nitrogen and oxygen atoms in total. The number of nitrogens with two attached hydrogens (primary N) is 1. The zero-order valence-electron chi connectivity index (χ0n) is 14.8. The summed E-state index contributed by atoms with van der Waals surface area (Å²) in [5, 5.41) is 14.9. The van der Waals surface area contributed by atoms with Gasteiger partial charge in [-0.25, -0.2) is 0 Å². The van der Waals surface area contributed by atoms with E-state index in [9.17, 15) is 10.1 Å². The average Bonchev–Trinajstić information content (AvgIpc) is 2.56. The number of methoxy groups -OCH3 is 1. The summed E-state index contributed by atoms with van der Waals surface area (Å²) in [5.41, 5.74) is 7.65. The van der Waals surface area contributed by atoms with Gasteiger partial charge in [0.15, 0.2) is 11.9 Å². The number of anilines is 2. The van der Waals surface area contributed by atoms with Gasteiger partial charge in [0.2, 0.25) is 6.54 Å². The van der Waals surface area contributed by atoms with Crippen molar-refractivity contribution in [1.82, 2.24) is 4.98 Å². The quantitative estimate of drug-likeness (QED) is 0.367. The first-order valence-corrected chi connectivity index (χ1v) is 8.77. The van der Waals surface area contributed by atoms with Crippen LogP contribution in [0.5, 0.6) is 5.75 Å². The molecule has 0 bridgehead atoms. The molecule has 0 saturated heterocycles. The molecule has 3 N–H and O–H groups in total. The third-order valence-electron chi connectivity index (χ3n) is 3.68. The van der Waals surface area contributed by atoms with E-state index in [1.807, 2.05) is 13.0 Å². The average molecular weight is 415 g/mol. The van der Waals surface area contributed by atoms with Gasteiger partial charge in [-0.2, -0.15) is 0 Å². The molecule has 10 heteroatoms. The highest BCUT2D eigenvalue weighted by Gasteiger charge is 2.30. The van der Waals surface area contributed by atoms with Crippen LogP contribution in [0, 0.1) is 17.0 Å². The van der Waals surface area contributed by atoms with Crippen LogP contribution in [-0.4, -0.2) is 42.3 Å². The molecule has 0 amide bonds. The number of nitrogens with one attached hydrogen (secondary N) is 1. The van der Waals surface area contributed by atoms with Gasteiger partial charge in [0.05, 0.1) is 23.4 Å². The normalized spacial score (nSPS) is 13.0. The molecule has 0 aliphatic rings. The molecule has 2 atom stereocenters. The number of nitrogen functional groups attached to an aromatic ring is 1. The maximum absolute atomic E-state index is 11.2. The first kappa shape index (κ1) is 21.0. The van der Waals surface area contributed by atoms with Crippen molar-refractivity contribution in [2.45, 2.75) is 19.1 Å². The summed E-state index contributed by atoms with van der Waals surface area (Å²) in [4.78, 5) is 14.9. The first-order chi connectivity index (χ1) is 12.8. The molecule has 1 aromatic carbocycles. The maximum atomic E-state index is 11.2. The zero-order valence-corrected chi connectivity index (χ0v) is 16.3. The van der Waals surface area contributed by atoms with Crippen LogP contribution in [0.1, 0.15) is 5.69 Å². The number of ether oxygens (including phenoxy) is 2. The Bertz CT molecular complexity index is 783. The number of rotatable bonds is 9. The lowest BCUT2D eigenvalue weighted by Gasteiger charge is -2.27. The van der Waals surface area contributed by atoms with E-state index in [2.05, 4.69) is 10.3 Å². The Morgan fingerprint density at radius 3 is 2.70 bits per heavy atom. The number of hydrogen-bond donors (Lipinski definition) is 2. The number of aryl methyl sites for hydroxylation is 1. The summed E-state index contributed by atoms with van der Waals surface area (Å²) >= 11 is 12.1. The summed E-state index contributed by atoms with van der Waals surface area (Å²) in [7, 11) is 1.50. The van der Waals surface area contributed by atoms with Crippen LogP contribution >= 0.6 is 23.2 Å². The van der Waals surface area contributed by atoms with Crippen LogP contribution in [0.15, 0.2) is 30.5 Å². The third kappa shape index (κ3) is 6.13. The number of pyridine rings is 1. The predicted molar refractivity (Wildman–Crippen MR) is 105 cm³/mol. The van der Waals surface area contributed by atoms with Crippen molar-refractivity contribution in [2.75, 3.05) is 31.3 Å². The molecule has 0 saturated carbocycles. The Hall–Kier alpha value is -2.29. The molecule has 1 heterocycles. The lowest BCUT2D eigenvalue weighted by Crippen LogP contribution is -2.45. The Morgan fingerprint density at radius 1 is 1.37 bits per heavy atom. The molecule has 1 aromatic heterocycles. The van der Waals surface area contributed by atoms with Crippen molar-refractivity contribution < 1.29 is 14.4 Å². The van der Waals surface area contributed by atoms with Gasteiger partial charge >= 0.3 is 0 Å². The molecular weight excluding hydrogens is 395 g/mol. The smallest absolute Gasteiger partial charge is 0.242 e. The van der Waals surface area contributed by atoms with Crippen LogP contribution in [0.3, 0.4) is 0 Å². The molecule has 0 fully saturated rings. The predicted octanol–water partition coefficient (Wildman–Crippen LogP) is 3.43. The maximum Gasteiger partial charge on any atom is 0.242 e. The van der Waals surface area contributed by atoms with Gasteiger partial charge in [0, 0.05) is 34.6 Å². The molecule has 2 aromatic rings. The van der Waals surface area contributed by atoms with Crippen molar-refractivity contribution in [1.29, 1.82) is 0 Å². The molecule has 2 rings (SSSR count). The molecule has 0 radical (unpaired) electrons. The minimum Gasteiger partial charge on any atom is -0.478 e. The van der Waals surface area contributed by atoms with Crippen molar-refractivity contribution in [2.24, 2.45) is 0 Å². The van der Waals surface area contributed by atoms with Gasteiger partial charge in [-0.3, -0.25) is 15.1 Å². The molecule has 0 aliphatic carbocycles. The highest BCUT2D eigenvalue weighted by atomic mass is 35.5. The van der Waals surface area contributed by atoms with Crippen molar-refractivity contribution >= 4 is 34.6 Å². The largest absolute Gasteiger partial charge is 0.478 e. The fraction of sp³-hybridized carbons (Fsp3) is 0.353. The second-order valence-corrected chi connectivity index (χ2v) is 6.71. The van der Waals surface area contributed by atoms with E-state index in [4.69, 9.17) is 38.4 Å². The number of hydrogen-bond acceptors (Lipinski definition) is 7. The highest BCUT2D eigenvalue weighted by molar-refractivity contribution is 6.36. The van der Waals surface area contributed by atoms with Gasteiger partial charge in [-0.15, -0.1) is 0 Å². The Balaban J connectivity index is 2.32.